The number of carbonyl (C=O) groups excluding carboxylic acids is 1. The molecule has 0 bridgehead atoms. The summed E-state index contributed by atoms with van der Waals surface area (Å²) in [6.07, 6.45) is 1.89. The van der Waals surface area contributed by atoms with Crippen LogP contribution in [0.1, 0.15) is 24.0 Å². The van der Waals surface area contributed by atoms with Crippen molar-refractivity contribution in [1.29, 1.82) is 0 Å². The molecular weight excluding hydrogens is 360 g/mol. The molecular formula is C24H26N4O. The molecule has 1 saturated heterocycles. The normalized spacial score (nSPS) is 16.4. The zero-order valence-corrected chi connectivity index (χ0v) is 16.7. The third-order valence-corrected chi connectivity index (χ3v) is 5.50. The van der Waals surface area contributed by atoms with Gasteiger partial charge in [-0.3, -0.25) is 4.79 Å². The monoisotopic (exact) mass is 386 g/mol. The molecule has 1 aliphatic rings. The highest BCUT2D eigenvalue weighted by Crippen LogP contribution is 2.25. The molecule has 0 aliphatic carbocycles. The summed E-state index contributed by atoms with van der Waals surface area (Å²) in [5, 5.41) is 12.0. The van der Waals surface area contributed by atoms with Crippen LogP contribution in [0.15, 0.2) is 66.7 Å². The molecule has 0 spiro atoms. The number of nitrogens with one attached hydrogen (secondary N) is 1. The van der Waals surface area contributed by atoms with E-state index in [0.717, 1.165) is 42.0 Å². The third kappa shape index (κ3) is 4.62. The van der Waals surface area contributed by atoms with E-state index < -0.39 is 0 Å². The summed E-state index contributed by atoms with van der Waals surface area (Å²) in [6.45, 7) is 4.23. The van der Waals surface area contributed by atoms with Gasteiger partial charge < -0.3 is 10.2 Å². The molecule has 1 aliphatic heterocycles. The minimum Gasteiger partial charge on any atom is -0.354 e. The van der Waals surface area contributed by atoms with Crippen molar-refractivity contribution in [2.75, 3.05) is 18.0 Å². The molecule has 5 heteroatoms. The second kappa shape index (κ2) is 8.86. The van der Waals surface area contributed by atoms with Gasteiger partial charge >= 0.3 is 0 Å². The number of nitrogens with zero attached hydrogens (tertiary/aromatic N) is 3. The number of hydrogen-bond acceptors (Lipinski definition) is 4. The van der Waals surface area contributed by atoms with Crippen LogP contribution < -0.4 is 10.2 Å². The first-order valence-corrected chi connectivity index (χ1v) is 10.2. The van der Waals surface area contributed by atoms with Crippen LogP contribution in [-0.2, 0) is 11.3 Å². The van der Waals surface area contributed by atoms with Gasteiger partial charge in [0.25, 0.3) is 0 Å². The van der Waals surface area contributed by atoms with Gasteiger partial charge in [-0.05, 0) is 43.0 Å². The van der Waals surface area contributed by atoms with Gasteiger partial charge in [0.05, 0.1) is 11.6 Å². The summed E-state index contributed by atoms with van der Waals surface area (Å²) < 4.78 is 0. The van der Waals surface area contributed by atoms with Crippen molar-refractivity contribution in [3.63, 3.8) is 0 Å². The van der Waals surface area contributed by atoms with E-state index in [1.54, 1.807) is 0 Å². The molecule has 0 unspecified atom stereocenters. The van der Waals surface area contributed by atoms with Crippen molar-refractivity contribution in [1.82, 2.24) is 15.5 Å². The summed E-state index contributed by atoms with van der Waals surface area (Å²) in [7, 11) is 0. The van der Waals surface area contributed by atoms with Crippen molar-refractivity contribution >= 4 is 11.7 Å². The molecule has 4 rings (SSSR count). The van der Waals surface area contributed by atoms with Crippen LogP contribution in [0.5, 0.6) is 0 Å². The predicted octanol–water partition coefficient (Wildman–Crippen LogP) is 3.98. The lowest BCUT2D eigenvalue weighted by Crippen LogP contribution is -2.43. The standard InChI is InChI=1S/C24H26N4O/c1-18-8-5-6-12-21(18)22-13-14-23(27-26-22)28-15-7-11-20(17-28)24(29)25-16-19-9-3-2-4-10-19/h2-6,8-10,12-14,20H,7,11,15-17H2,1H3,(H,25,29)/t20-/m1/s1. The van der Waals surface area contributed by atoms with E-state index >= 15 is 0 Å². The summed E-state index contributed by atoms with van der Waals surface area (Å²) in [5.41, 5.74) is 4.28. The smallest absolute Gasteiger partial charge is 0.225 e. The van der Waals surface area contributed by atoms with Crippen LogP contribution in [0.3, 0.4) is 0 Å². The van der Waals surface area contributed by atoms with Crippen LogP contribution in [0.4, 0.5) is 5.82 Å². The lowest BCUT2D eigenvalue weighted by atomic mass is 9.97. The number of aromatic nitrogens is 2. The molecule has 3 aromatic rings. The molecule has 1 atom stereocenters. The number of carbonyl (C=O) groups is 1. The largest absolute Gasteiger partial charge is 0.354 e. The first-order chi connectivity index (χ1) is 14.2. The van der Waals surface area contributed by atoms with Crippen molar-refractivity contribution < 1.29 is 4.79 Å². The zero-order valence-electron chi connectivity index (χ0n) is 16.7. The number of amides is 1. The van der Waals surface area contributed by atoms with Gasteiger partial charge in [0.2, 0.25) is 5.91 Å². The van der Waals surface area contributed by atoms with E-state index in [0.29, 0.717) is 13.1 Å². The number of benzene rings is 2. The predicted molar refractivity (Wildman–Crippen MR) is 115 cm³/mol. The molecule has 1 N–H and O–H groups in total. The van der Waals surface area contributed by atoms with Crippen LogP contribution in [0.2, 0.25) is 0 Å². The Balaban J connectivity index is 1.39. The van der Waals surface area contributed by atoms with E-state index in [1.165, 1.54) is 5.56 Å². The Morgan fingerprint density at radius 1 is 1.03 bits per heavy atom. The number of piperidine rings is 1. The van der Waals surface area contributed by atoms with Gasteiger partial charge in [-0.2, -0.15) is 0 Å². The molecule has 5 nitrogen and oxygen atoms in total. The molecule has 29 heavy (non-hydrogen) atoms. The summed E-state index contributed by atoms with van der Waals surface area (Å²) in [5.74, 6) is 0.927. The van der Waals surface area contributed by atoms with Crippen molar-refractivity contribution in [2.24, 2.45) is 5.92 Å². The number of anilines is 1. The Morgan fingerprint density at radius 3 is 2.59 bits per heavy atom. The molecule has 148 valence electrons. The lowest BCUT2D eigenvalue weighted by Gasteiger charge is -2.32. The second-order valence-corrected chi connectivity index (χ2v) is 7.58. The highest BCUT2D eigenvalue weighted by molar-refractivity contribution is 5.79. The minimum absolute atomic E-state index is 0.0229. The van der Waals surface area contributed by atoms with Crippen molar-refractivity contribution in [3.8, 4) is 11.3 Å². The van der Waals surface area contributed by atoms with E-state index in [9.17, 15) is 4.79 Å². The molecule has 2 aromatic carbocycles. The van der Waals surface area contributed by atoms with Gasteiger partial charge in [0.1, 0.15) is 0 Å². The maximum Gasteiger partial charge on any atom is 0.225 e. The quantitative estimate of drug-likeness (QED) is 0.720. The Labute approximate surface area is 171 Å². The topological polar surface area (TPSA) is 58.1 Å². The van der Waals surface area contributed by atoms with Gasteiger partial charge in [-0.1, -0.05) is 54.6 Å². The van der Waals surface area contributed by atoms with E-state index in [-0.39, 0.29) is 11.8 Å². The van der Waals surface area contributed by atoms with Gasteiger partial charge in [-0.15, -0.1) is 10.2 Å². The van der Waals surface area contributed by atoms with Crippen molar-refractivity contribution in [3.05, 3.63) is 77.9 Å². The molecule has 2 heterocycles. The van der Waals surface area contributed by atoms with Crippen LogP contribution >= 0.6 is 0 Å². The van der Waals surface area contributed by atoms with Gasteiger partial charge in [-0.25, -0.2) is 0 Å². The number of rotatable bonds is 5. The van der Waals surface area contributed by atoms with E-state index in [1.807, 2.05) is 54.6 Å². The summed E-state index contributed by atoms with van der Waals surface area (Å²) in [6, 6.07) is 22.2. The first kappa shape index (κ1) is 19.1. The number of hydrogen-bond donors (Lipinski definition) is 1. The van der Waals surface area contributed by atoms with Crippen LogP contribution in [0.25, 0.3) is 11.3 Å². The summed E-state index contributed by atoms with van der Waals surface area (Å²) in [4.78, 5) is 14.8. The Bertz CT molecular complexity index is 956. The maximum atomic E-state index is 12.7. The van der Waals surface area contributed by atoms with Gasteiger partial charge in [0.15, 0.2) is 5.82 Å². The van der Waals surface area contributed by atoms with E-state index in [2.05, 4.69) is 39.5 Å². The Hall–Kier alpha value is -3.21. The zero-order chi connectivity index (χ0) is 20.1. The molecule has 0 saturated carbocycles. The first-order valence-electron chi connectivity index (χ1n) is 10.2. The SMILES string of the molecule is Cc1ccccc1-c1ccc(N2CCC[C@@H](C(=O)NCc3ccccc3)C2)nn1. The second-order valence-electron chi connectivity index (χ2n) is 7.58. The Kier molecular flexibility index (Phi) is 5.84. The highest BCUT2D eigenvalue weighted by atomic mass is 16.1. The fourth-order valence-corrected chi connectivity index (χ4v) is 3.83. The number of aryl methyl sites for hydroxylation is 1. The molecule has 1 aromatic heterocycles. The molecule has 0 radical (unpaired) electrons. The van der Waals surface area contributed by atoms with Crippen LogP contribution in [0, 0.1) is 12.8 Å². The lowest BCUT2D eigenvalue weighted by molar-refractivity contribution is -0.125. The van der Waals surface area contributed by atoms with E-state index in [4.69, 9.17) is 0 Å². The van der Waals surface area contributed by atoms with Gasteiger partial charge in [0, 0.05) is 25.2 Å². The highest BCUT2D eigenvalue weighted by Gasteiger charge is 2.26. The molecule has 1 amide bonds. The Morgan fingerprint density at radius 2 is 1.83 bits per heavy atom. The fourth-order valence-electron chi connectivity index (χ4n) is 3.83. The van der Waals surface area contributed by atoms with Crippen molar-refractivity contribution in [2.45, 2.75) is 26.3 Å². The maximum absolute atomic E-state index is 12.7. The summed E-state index contributed by atoms with van der Waals surface area (Å²) >= 11 is 0. The van der Waals surface area contributed by atoms with Crippen LogP contribution in [-0.4, -0.2) is 29.2 Å². The minimum atomic E-state index is -0.0229. The average molecular weight is 386 g/mol. The molecule has 1 fully saturated rings. The third-order valence-electron chi connectivity index (χ3n) is 5.50. The fraction of sp³-hybridized carbons (Fsp3) is 0.292. The average Bonchev–Trinajstić information content (AvgIpc) is 2.79.